The molecule has 8 nitrogen and oxygen atoms in total. The average Bonchev–Trinajstić information content (AvgIpc) is 2.74. The van der Waals surface area contributed by atoms with Crippen LogP contribution in [0.3, 0.4) is 0 Å². The van der Waals surface area contributed by atoms with Crippen molar-refractivity contribution in [2.45, 2.75) is 50.5 Å². The van der Waals surface area contributed by atoms with E-state index < -0.39 is 10.0 Å². The summed E-state index contributed by atoms with van der Waals surface area (Å²) in [5.41, 5.74) is 0.251. The average molecular weight is 472 g/mol. The molecule has 0 aliphatic carbocycles. The quantitative estimate of drug-likeness (QED) is 0.711. The van der Waals surface area contributed by atoms with Crippen LogP contribution in [0.1, 0.15) is 49.9 Å². The number of carbonyl (C=O) groups is 2. The molecular weight excluding hydrogens is 442 g/mol. The molecule has 1 aromatic rings. The molecule has 2 aliphatic heterocycles. The van der Waals surface area contributed by atoms with Gasteiger partial charge < -0.3 is 15.0 Å². The topological polar surface area (TPSA) is 96.0 Å². The highest BCUT2D eigenvalue weighted by atomic mass is 35.5. The molecule has 172 valence electrons. The van der Waals surface area contributed by atoms with Crippen molar-refractivity contribution in [1.29, 1.82) is 0 Å². The van der Waals surface area contributed by atoms with Crippen molar-refractivity contribution in [2.24, 2.45) is 5.92 Å². The minimum absolute atomic E-state index is 0.0342. The van der Waals surface area contributed by atoms with Crippen LogP contribution in [0.15, 0.2) is 23.1 Å². The zero-order valence-corrected chi connectivity index (χ0v) is 19.5. The first-order valence-corrected chi connectivity index (χ1v) is 12.6. The number of halogens is 1. The molecule has 0 bridgehead atoms. The lowest BCUT2D eigenvalue weighted by atomic mass is 10.0. The first-order chi connectivity index (χ1) is 14.7. The van der Waals surface area contributed by atoms with Gasteiger partial charge in [-0.3, -0.25) is 4.79 Å². The first-order valence-electron chi connectivity index (χ1n) is 10.7. The standard InChI is InChI=1S/C21H30ClN3O5S/c1-3-30-21(27)24-11-8-17(9-12-24)23-20(26)16-6-7-18(22)19(13-16)31(28,29)25-10-4-5-15(2)14-25/h6-7,13,15,17H,3-5,8-12,14H2,1-2H3,(H,23,26). The molecule has 0 radical (unpaired) electrons. The third-order valence-electron chi connectivity index (χ3n) is 5.79. The number of carbonyl (C=O) groups excluding carboxylic acids is 2. The minimum Gasteiger partial charge on any atom is -0.450 e. The number of likely N-dealkylation sites (tertiary alicyclic amines) is 1. The van der Waals surface area contributed by atoms with E-state index >= 15 is 0 Å². The third kappa shape index (κ3) is 5.70. The van der Waals surface area contributed by atoms with Crippen LogP contribution in [0.25, 0.3) is 0 Å². The monoisotopic (exact) mass is 471 g/mol. The van der Waals surface area contributed by atoms with E-state index in [4.69, 9.17) is 16.3 Å². The Morgan fingerprint density at radius 2 is 1.90 bits per heavy atom. The summed E-state index contributed by atoms with van der Waals surface area (Å²) in [4.78, 5) is 26.2. The molecule has 2 fully saturated rings. The number of hydrogen-bond donors (Lipinski definition) is 1. The fourth-order valence-electron chi connectivity index (χ4n) is 4.04. The van der Waals surface area contributed by atoms with Crippen LogP contribution < -0.4 is 5.32 Å². The van der Waals surface area contributed by atoms with Gasteiger partial charge in [0.1, 0.15) is 4.90 Å². The molecule has 2 aliphatic rings. The summed E-state index contributed by atoms with van der Waals surface area (Å²) in [6.45, 7) is 6.02. The van der Waals surface area contributed by atoms with E-state index in [2.05, 4.69) is 5.32 Å². The second-order valence-electron chi connectivity index (χ2n) is 8.19. The number of rotatable bonds is 5. The number of piperidine rings is 2. The van der Waals surface area contributed by atoms with Gasteiger partial charge in [0.25, 0.3) is 5.91 Å². The van der Waals surface area contributed by atoms with Crippen LogP contribution in [0.2, 0.25) is 5.02 Å². The first kappa shape index (κ1) is 23.8. The number of benzene rings is 1. The predicted molar refractivity (Wildman–Crippen MR) is 118 cm³/mol. The van der Waals surface area contributed by atoms with Crippen LogP contribution >= 0.6 is 11.6 Å². The molecule has 0 saturated carbocycles. The molecular formula is C21H30ClN3O5S. The van der Waals surface area contributed by atoms with Crippen LogP contribution in [-0.4, -0.2) is 68.5 Å². The van der Waals surface area contributed by atoms with Gasteiger partial charge in [-0.2, -0.15) is 4.31 Å². The Balaban J connectivity index is 1.67. The van der Waals surface area contributed by atoms with Crippen molar-refractivity contribution in [3.05, 3.63) is 28.8 Å². The smallest absolute Gasteiger partial charge is 0.409 e. The highest BCUT2D eigenvalue weighted by Crippen LogP contribution is 2.29. The molecule has 1 aromatic carbocycles. The number of nitrogens with zero attached hydrogens (tertiary/aromatic N) is 2. The maximum Gasteiger partial charge on any atom is 0.409 e. The van der Waals surface area contributed by atoms with Gasteiger partial charge in [0, 0.05) is 37.8 Å². The number of hydrogen-bond acceptors (Lipinski definition) is 5. The van der Waals surface area contributed by atoms with E-state index in [1.54, 1.807) is 11.8 Å². The van der Waals surface area contributed by atoms with E-state index in [0.717, 1.165) is 12.8 Å². The summed E-state index contributed by atoms with van der Waals surface area (Å²) in [7, 11) is -3.77. The summed E-state index contributed by atoms with van der Waals surface area (Å²) < 4.78 is 32.7. The van der Waals surface area contributed by atoms with Crippen LogP contribution in [0.4, 0.5) is 4.79 Å². The molecule has 0 spiro atoms. The highest BCUT2D eigenvalue weighted by molar-refractivity contribution is 7.89. The Morgan fingerprint density at radius 1 is 1.19 bits per heavy atom. The van der Waals surface area contributed by atoms with E-state index in [-0.39, 0.29) is 39.4 Å². The zero-order chi connectivity index (χ0) is 22.6. The molecule has 31 heavy (non-hydrogen) atoms. The fourth-order valence-corrected chi connectivity index (χ4v) is 6.13. The summed E-state index contributed by atoms with van der Waals surface area (Å²) in [6, 6.07) is 4.25. The molecule has 1 atom stereocenters. The number of sulfonamides is 1. The van der Waals surface area contributed by atoms with Crippen molar-refractivity contribution in [2.75, 3.05) is 32.8 Å². The van der Waals surface area contributed by atoms with Gasteiger partial charge in [-0.15, -0.1) is 0 Å². The lowest BCUT2D eigenvalue weighted by Gasteiger charge is -2.31. The Labute approximate surface area is 188 Å². The van der Waals surface area contributed by atoms with Crippen LogP contribution in [0.5, 0.6) is 0 Å². The van der Waals surface area contributed by atoms with Crippen molar-refractivity contribution in [3.8, 4) is 0 Å². The largest absolute Gasteiger partial charge is 0.450 e. The summed E-state index contributed by atoms with van der Waals surface area (Å²) in [5, 5.41) is 3.05. The Bertz CT molecular complexity index is 916. The van der Waals surface area contributed by atoms with E-state index in [0.29, 0.717) is 45.6 Å². The van der Waals surface area contributed by atoms with Gasteiger partial charge >= 0.3 is 6.09 Å². The predicted octanol–water partition coefficient (Wildman–Crippen LogP) is 3.11. The number of nitrogens with one attached hydrogen (secondary N) is 1. The normalized spacial score (nSPS) is 21.0. The molecule has 0 aromatic heterocycles. The highest BCUT2D eigenvalue weighted by Gasteiger charge is 2.31. The second-order valence-corrected chi connectivity index (χ2v) is 10.5. The molecule has 10 heteroatoms. The Morgan fingerprint density at radius 3 is 2.55 bits per heavy atom. The van der Waals surface area contributed by atoms with Gasteiger partial charge in [-0.05, 0) is 56.7 Å². The van der Waals surface area contributed by atoms with Crippen molar-refractivity contribution in [1.82, 2.24) is 14.5 Å². The molecule has 2 saturated heterocycles. The molecule has 3 rings (SSSR count). The summed E-state index contributed by atoms with van der Waals surface area (Å²) >= 11 is 6.22. The van der Waals surface area contributed by atoms with E-state index in [1.807, 2.05) is 6.92 Å². The van der Waals surface area contributed by atoms with Gasteiger partial charge in [-0.1, -0.05) is 18.5 Å². The lowest BCUT2D eigenvalue weighted by molar-refractivity contribution is 0.0860. The second kappa shape index (κ2) is 10.2. The van der Waals surface area contributed by atoms with E-state index in [9.17, 15) is 18.0 Å². The third-order valence-corrected chi connectivity index (χ3v) is 8.13. The maximum atomic E-state index is 13.1. The Kier molecular flexibility index (Phi) is 7.82. The zero-order valence-electron chi connectivity index (χ0n) is 18.0. The van der Waals surface area contributed by atoms with Crippen molar-refractivity contribution < 1.29 is 22.7 Å². The SMILES string of the molecule is CCOC(=O)N1CCC(NC(=O)c2ccc(Cl)c(S(=O)(=O)N3CCCC(C)C3)c2)CC1. The van der Waals surface area contributed by atoms with Crippen molar-refractivity contribution >= 4 is 33.6 Å². The molecule has 2 amide bonds. The summed E-state index contributed by atoms with van der Waals surface area (Å²) in [6.07, 6.45) is 2.68. The Hall–Kier alpha value is -1.84. The van der Waals surface area contributed by atoms with Crippen LogP contribution in [0, 0.1) is 5.92 Å². The maximum absolute atomic E-state index is 13.1. The van der Waals surface area contributed by atoms with Crippen molar-refractivity contribution in [3.63, 3.8) is 0 Å². The number of ether oxygens (including phenoxy) is 1. The van der Waals surface area contributed by atoms with Crippen LogP contribution in [-0.2, 0) is 14.8 Å². The molecule has 1 unspecified atom stereocenters. The minimum atomic E-state index is -3.77. The lowest BCUT2D eigenvalue weighted by Crippen LogP contribution is -2.46. The molecule has 1 N–H and O–H groups in total. The van der Waals surface area contributed by atoms with Gasteiger partial charge in [0.15, 0.2) is 0 Å². The van der Waals surface area contributed by atoms with E-state index in [1.165, 1.54) is 22.5 Å². The number of amides is 2. The summed E-state index contributed by atoms with van der Waals surface area (Å²) in [5.74, 6) is -0.0658. The molecule has 2 heterocycles. The fraction of sp³-hybridized carbons (Fsp3) is 0.619. The van der Waals surface area contributed by atoms with Gasteiger partial charge in [-0.25, -0.2) is 13.2 Å². The van der Waals surface area contributed by atoms with Gasteiger partial charge in [0.2, 0.25) is 10.0 Å². The van der Waals surface area contributed by atoms with Gasteiger partial charge in [0.05, 0.1) is 11.6 Å².